The quantitative estimate of drug-likeness (QED) is 0.710. The number of benzene rings is 1. The van der Waals surface area contributed by atoms with Crippen molar-refractivity contribution in [1.29, 1.82) is 0 Å². The molecule has 1 saturated heterocycles. The molecule has 0 saturated carbocycles. The van der Waals surface area contributed by atoms with Crippen molar-refractivity contribution in [2.45, 2.75) is 46.2 Å². The van der Waals surface area contributed by atoms with E-state index in [0.29, 0.717) is 11.8 Å². The molecule has 3 heterocycles. The Balaban J connectivity index is 1.38. The van der Waals surface area contributed by atoms with Crippen LogP contribution in [0.4, 0.5) is 0 Å². The van der Waals surface area contributed by atoms with Crippen LogP contribution in [0, 0.1) is 12.8 Å². The smallest absolute Gasteiger partial charge is 0.223 e. The summed E-state index contributed by atoms with van der Waals surface area (Å²) in [5, 5.41) is 5.44. The third-order valence-corrected chi connectivity index (χ3v) is 5.39. The fourth-order valence-corrected chi connectivity index (χ4v) is 3.97. The first-order valence-electron chi connectivity index (χ1n) is 9.31. The maximum Gasteiger partial charge on any atom is 0.223 e. The van der Waals surface area contributed by atoms with E-state index < -0.39 is 0 Å². The zero-order valence-corrected chi connectivity index (χ0v) is 15.1. The van der Waals surface area contributed by atoms with Gasteiger partial charge in [-0.25, -0.2) is 0 Å². The lowest BCUT2D eigenvalue weighted by molar-refractivity contribution is 0.176. The molecule has 0 spiro atoms. The van der Waals surface area contributed by atoms with Crippen molar-refractivity contribution in [2.24, 2.45) is 5.92 Å². The number of nitrogens with zero attached hydrogens (tertiary/aromatic N) is 4. The fraction of sp³-hybridized carbons (Fsp3) is 0.500. The van der Waals surface area contributed by atoms with Crippen molar-refractivity contribution in [3.63, 3.8) is 0 Å². The molecule has 0 amide bonds. The van der Waals surface area contributed by atoms with Crippen LogP contribution in [0.5, 0.6) is 0 Å². The Kier molecular flexibility index (Phi) is 4.57. The van der Waals surface area contributed by atoms with Gasteiger partial charge in [0.25, 0.3) is 0 Å². The first-order chi connectivity index (χ1) is 12.2. The molecule has 0 N–H and O–H groups in total. The van der Waals surface area contributed by atoms with Gasteiger partial charge in [0.2, 0.25) is 5.89 Å². The van der Waals surface area contributed by atoms with E-state index in [1.54, 1.807) is 0 Å². The Bertz CT molecular complexity index is 842. The average molecular weight is 338 g/mol. The van der Waals surface area contributed by atoms with Crippen LogP contribution in [0.3, 0.4) is 0 Å². The first kappa shape index (κ1) is 16.3. The average Bonchev–Trinajstić information content (AvgIpc) is 3.23. The van der Waals surface area contributed by atoms with Crippen molar-refractivity contribution in [3.8, 4) is 0 Å². The van der Waals surface area contributed by atoms with Crippen molar-refractivity contribution >= 4 is 10.9 Å². The van der Waals surface area contributed by atoms with Crippen LogP contribution < -0.4 is 0 Å². The Morgan fingerprint density at radius 1 is 1.20 bits per heavy atom. The molecule has 0 aliphatic carbocycles. The van der Waals surface area contributed by atoms with Crippen LogP contribution in [0.1, 0.15) is 37.0 Å². The predicted molar refractivity (Wildman–Crippen MR) is 98.4 cm³/mol. The molecule has 1 aliphatic rings. The molecule has 3 aromatic rings. The molecule has 5 nitrogen and oxygen atoms in total. The van der Waals surface area contributed by atoms with E-state index in [4.69, 9.17) is 4.52 Å². The van der Waals surface area contributed by atoms with Crippen molar-refractivity contribution in [2.75, 3.05) is 13.1 Å². The molecule has 0 unspecified atom stereocenters. The number of aryl methyl sites for hydroxylation is 2. The zero-order valence-electron chi connectivity index (χ0n) is 15.1. The maximum atomic E-state index is 5.08. The van der Waals surface area contributed by atoms with Gasteiger partial charge >= 0.3 is 0 Å². The normalized spacial score (nSPS) is 16.7. The van der Waals surface area contributed by atoms with Crippen molar-refractivity contribution in [3.05, 3.63) is 47.7 Å². The summed E-state index contributed by atoms with van der Waals surface area (Å²) in [5.41, 5.74) is 2.79. The van der Waals surface area contributed by atoms with Gasteiger partial charge in [0.05, 0.1) is 0 Å². The van der Waals surface area contributed by atoms with Gasteiger partial charge < -0.3 is 9.09 Å². The minimum atomic E-state index is 0.666. The predicted octanol–water partition coefficient (Wildman–Crippen LogP) is 3.81. The minimum absolute atomic E-state index is 0.666. The van der Waals surface area contributed by atoms with Gasteiger partial charge in [-0.3, -0.25) is 4.90 Å². The van der Waals surface area contributed by atoms with Gasteiger partial charge in [0.1, 0.15) is 0 Å². The van der Waals surface area contributed by atoms with Crippen LogP contribution in [-0.4, -0.2) is 32.7 Å². The minimum Gasteiger partial charge on any atom is -0.348 e. The zero-order chi connectivity index (χ0) is 17.2. The summed E-state index contributed by atoms with van der Waals surface area (Å²) >= 11 is 0. The van der Waals surface area contributed by atoms with Crippen LogP contribution in [0.25, 0.3) is 10.9 Å². The summed E-state index contributed by atoms with van der Waals surface area (Å²) in [5.74, 6) is 2.20. The standard InChI is InChI=1S/C20H26N4O/c1-3-24-12-9-18-17(5-4-6-19(18)24)14-23-10-7-16(8-11-23)13-20-21-15(2)25-22-20/h4-6,9,12,16H,3,7-8,10-11,13-14H2,1-2H3. The number of piperidine rings is 1. The Labute approximate surface area is 148 Å². The third kappa shape index (κ3) is 3.47. The van der Waals surface area contributed by atoms with E-state index in [2.05, 4.69) is 57.0 Å². The highest BCUT2D eigenvalue weighted by Crippen LogP contribution is 2.25. The topological polar surface area (TPSA) is 47.1 Å². The number of hydrogen-bond acceptors (Lipinski definition) is 4. The van der Waals surface area contributed by atoms with E-state index in [0.717, 1.165) is 38.4 Å². The van der Waals surface area contributed by atoms with Gasteiger partial charge in [-0.15, -0.1) is 0 Å². The summed E-state index contributed by atoms with van der Waals surface area (Å²) in [4.78, 5) is 6.92. The molecule has 0 atom stereocenters. The Morgan fingerprint density at radius 3 is 2.76 bits per heavy atom. The molecular weight excluding hydrogens is 312 g/mol. The highest BCUT2D eigenvalue weighted by atomic mass is 16.5. The van der Waals surface area contributed by atoms with E-state index in [-0.39, 0.29) is 0 Å². The highest BCUT2D eigenvalue weighted by molar-refractivity contribution is 5.83. The molecule has 1 aliphatic heterocycles. The lowest BCUT2D eigenvalue weighted by Crippen LogP contribution is -2.34. The molecule has 132 valence electrons. The third-order valence-electron chi connectivity index (χ3n) is 5.39. The second-order valence-corrected chi connectivity index (χ2v) is 7.10. The van der Waals surface area contributed by atoms with Crippen LogP contribution in [0.15, 0.2) is 35.0 Å². The summed E-state index contributed by atoms with van der Waals surface area (Å²) in [7, 11) is 0. The summed E-state index contributed by atoms with van der Waals surface area (Å²) in [6, 6.07) is 8.95. The molecule has 0 bridgehead atoms. The van der Waals surface area contributed by atoms with Crippen molar-refractivity contribution < 1.29 is 4.52 Å². The lowest BCUT2D eigenvalue weighted by atomic mass is 9.93. The molecule has 2 aromatic heterocycles. The van der Waals surface area contributed by atoms with Gasteiger partial charge in [-0.05, 0) is 56.5 Å². The molecule has 1 fully saturated rings. The Hall–Kier alpha value is -2.14. The molecule has 4 rings (SSSR count). The van der Waals surface area contributed by atoms with Gasteiger partial charge in [-0.2, -0.15) is 4.98 Å². The monoisotopic (exact) mass is 338 g/mol. The second kappa shape index (κ2) is 7.00. The van der Waals surface area contributed by atoms with Crippen LogP contribution in [-0.2, 0) is 19.5 Å². The number of fused-ring (bicyclic) bond motifs is 1. The molecular formula is C20H26N4O. The second-order valence-electron chi connectivity index (χ2n) is 7.10. The van der Waals surface area contributed by atoms with Gasteiger partial charge in [0, 0.05) is 43.5 Å². The largest absolute Gasteiger partial charge is 0.348 e. The van der Waals surface area contributed by atoms with Crippen LogP contribution in [0.2, 0.25) is 0 Å². The summed E-state index contributed by atoms with van der Waals surface area (Å²) in [6.07, 6.45) is 5.56. The van der Waals surface area contributed by atoms with E-state index >= 15 is 0 Å². The van der Waals surface area contributed by atoms with Gasteiger partial charge in [0.15, 0.2) is 5.82 Å². The SMILES string of the molecule is CCn1ccc2c(CN3CCC(Cc4noc(C)n4)CC3)cccc21. The summed E-state index contributed by atoms with van der Waals surface area (Å²) < 4.78 is 7.40. The number of aromatic nitrogens is 3. The fourth-order valence-electron chi connectivity index (χ4n) is 3.97. The van der Waals surface area contributed by atoms with E-state index in [1.807, 2.05) is 6.92 Å². The van der Waals surface area contributed by atoms with Crippen LogP contribution >= 0.6 is 0 Å². The molecule has 5 heteroatoms. The number of rotatable bonds is 5. The highest BCUT2D eigenvalue weighted by Gasteiger charge is 2.21. The maximum absolute atomic E-state index is 5.08. The Morgan fingerprint density at radius 2 is 2.04 bits per heavy atom. The molecule has 1 aromatic carbocycles. The van der Waals surface area contributed by atoms with E-state index in [1.165, 1.54) is 29.3 Å². The number of likely N-dealkylation sites (tertiary alicyclic amines) is 1. The first-order valence-corrected chi connectivity index (χ1v) is 9.31. The van der Waals surface area contributed by atoms with E-state index in [9.17, 15) is 0 Å². The summed E-state index contributed by atoms with van der Waals surface area (Å²) in [6.45, 7) is 8.40. The van der Waals surface area contributed by atoms with Gasteiger partial charge in [-0.1, -0.05) is 17.3 Å². The lowest BCUT2D eigenvalue weighted by Gasteiger charge is -2.31. The molecule has 25 heavy (non-hydrogen) atoms. The molecule has 0 radical (unpaired) electrons. The number of hydrogen-bond donors (Lipinski definition) is 0. The van der Waals surface area contributed by atoms with Crippen molar-refractivity contribution in [1.82, 2.24) is 19.6 Å².